The Kier molecular flexibility index (Phi) is 6.31. The third kappa shape index (κ3) is 4.46. The molecule has 2 aliphatic rings. The van der Waals surface area contributed by atoms with Crippen LogP contribution in [0.5, 0.6) is 0 Å². The highest BCUT2D eigenvalue weighted by Crippen LogP contribution is 2.39. The summed E-state index contributed by atoms with van der Waals surface area (Å²) in [5, 5.41) is 3.40. The summed E-state index contributed by atoms with van der Waals surface area (Å²) < 4.78 is 10.0. The highest BCUT2D eigenvalue weighted by molar-refractivity contribution is 9.13. The van der Waals surface area contributed by atoms with Gasteiger partial charge in [-0.05, 0) is 91.1 Å². The van der Waals surface area contributed by atoms with Gasteiger partial charge in [0.2, 0.25) is 5.95 Å². The molecule has 1 aromatic heterocycles. The number of hydrogen-bond acceptors (Lipinski definition) is 5. The van der Waals surface area contributed by atoms with Gasteiger partial charge in [0.1, 0.15) is 5.60 Å². The second kappa shape index (κ2) is 8.56. The van der Waals surface area contributed by atoms with Crippen molar-refractivity contribution in [3.63, 3.8) is 0 Å². The molecule has 0 saturated carbocycles. The first kappa shape index (κ1) is 22.9. The number of hydrogen-bond donors (Lipinski definition) is 1. The average Bonchev–Trinajstić information content (AvgIpc) is 3.41. The molecule has 2 aromatic rings. The van der Waals surface area contributed by atoms with Gasteiger partial charge in [-0.2, -0.15) is 0 Å². The van der Waals surface area contributed by atoms with Crippen molar-refractivity contribution in [2.24, 2.45) is 0 Å². The second-order valence-electron chi connectivity index (χ2n) is 9.54. The van der Waals surface area contributed by atoms with Crippen molar-refractivity contribution in [1.29, 1.82) is 0 Å². The van der Waals surface area contributed by atoms with E-state index in [0.717, 1.165) is 57.4 Å². The Balaban J connectivity index is 1.72. The molecule has 3 heterocycles. The van der Waals surface area contributed by atoms with E-state index < -0.39 is 5.60 Å². The van der Waals surface area contributed by atoms with Gasteiger partial charge in [-0.25, -0.2) is 9.78 Å². The molecule has 9 heteroatoms. The quantitative estimate of drug-likeness (QED) is 0.585. The number of benzene rings is 1. The van der Waals surface area contributed by atoms with Crippen molar-refractivity contribution in [3.8, 4) is 0 Å². The number of carbonyl (C=O) groups is 1. The maximum Gasteiger partial charge on any atom is 0.410 e. The number of imidazole rings is 1. The molecule has 0 bridgehead atoms. The zero-order valence-corrected chi connectivity index (χ0v) is 22.0. The van der Waals surface area contributed by atoms with Gasteiger partial charge in [-0.3, -0.25) is 0 Å². The van der Waals surface area contributed by atoms with Crippen molar-refractivity contribution >= 4 is 54.9 Å². The Labute approximate surface area is 200 Å². The van der Waals surface area contributed by atoms with Crippen LogP contribution in [0.1, 0.15) is 45.2 Å². The van der Waals surface area contributed by atoms with Gasteiger partial charge in [0.15, 0.2) is 0 Å². The molecular weight excluding hydrogens is 526 g/mol. The fourth-order valence-corrected chi connectivity index (χ4v) is 5.34. The summed E-state index contributed by atoms with van der Waals surface area (Å²) in [5.41, 5.74) is 2.74. The predicted molar refractivity (Wildman–Crippen MR) is 131 cm³/mol. The Morgan fingerprint density at radius 3 is 2.61 bits per heavy atom. The lowest BCUT2D eigenvalue weighted by atomic mass is 10.2. The Bertz CT molecular complexity index is 1000. The van der Waals surface area contributed by atoms with E-state index in [-0.39, 0.29) is 12.1 Å². The maximum absolute atomic E-state index is 12.7. The molecule has 0 radical (unpaired) electrons. The molecular formula is C22H31Br2N5O2. The summed E-state index contributed by atoms with van der Waals surface area (Å²) in [6.45, 7) is 11.0. The summed E-state index contributed by atoms with van der Waals surface area (Å²) in [5.74, 6) is 0.997. The van der Waals surface area contributed by atoms with E-state index in [1.807, 2.05) is 32.7 Å². The Morgan fingerprint density at radius 2 is 1.97 bits per heavy atom. The summed E-state index contributed by atoms with van der Waals surface area (Å²) >= 11 is 7.38. The second-order valence-corrected chi connectivity index (χ2v) is 11.2. The van der Waals surface area contributed by atoms with Crippen LogP contribution in [0.25, 0.3) is 11.0 Å². The molecule has 7 nitrogen and oxygen atoms in total. The van der Waals surface area contributed by atoms with E-state index >= 15 is 0 Å². The third-order valence-corrected chi connectivity index (χ3v) is 8.33. The van der Waals surface area contributed by atoms with E-state index in [9.17, 15) is 4.79 Å². The summed E-state index contributed by atoms with van der Waals surface area (Å²) in [7, 11) is 2.02. The number of aromatic nitrogens is 2. The molecule has 2 fully saturated rings. The van der Waals surface area contributed by atoms with Crippen LogP contribution < -0.4 is 10.2 Å². The molecule has 2 unspecified atom stereocenters. The fraction of sp³-hybridized carbons (Fsp3) is 0.636. The zero-order chi connectivity index (χ0) is 22.5. The normalized spacial score (nSPS) is 22.0. The van der Waals surface area contributed by atoms with Crippen LogP contribution >= 0.6 is 31.9 Å². The van der Waals surface area contributed by atoms with E-state index in [4.69, 9.17) is 9.72 Å². The predicted octanol–water partition coefficient (Wildman–Crippen LogP) is 4.85. The van der Waals surface area contributed by atoms with E-state index in [2.05, 4.69) is 59.6 Å². The number of carbonyl (C=O) groups excluding carboxylic acids is 1. The summed E-state index contributed by atoms with van der Waals surface area (Å²) in [6.07, 6.45) is 1.74. The van der Waals surface area contributed by atoms with Crippen molar-refractivity contribution in [1.82, 2.24) is 19.8 Å². The van der Waals surface area contributed by atoms with Gasteiger partial charge in [0.05, 0.1) is 17.1 Å². The van der Waals surface area contributed by atoms with Crippen LogP contribution in [0.4, 0.5) is 10.7 Å². The van der Waals surface area contributed by atoms with Crippen molar-refractivity contribution in [2.75, 3.05) is 38.1 Å². The number of ether oxygens (including phenoxy) is 1. The van der Waals surface area contributed by atoms with Crippen LogP contribution in [0.15, 0.2) is 15.0 Å². The molecule has 2 saturated heterocycles. The minimum absolute atomic E-state index is 0.161. The lowest BCUT2D eigenvalue weighted by Crippen LogP contribution is -2.35. The molecule has 1 N–H and O–H groups in total. The number of likely N-dealkylation sites (N-methyl/N-ethyl adjacent to an activating group) is 1. The highest BCUT2D eigenvalue weighted by atomic mass is 79.9. The number of rotatable bonds is 3. The number of likely N-dealkylation sites (tertiary alicyclic amines) is 1. The minimum Gasteiger partial charge on any atom is -0.444 e. The minimum atomic E-state index is -0.492. The third-order valence-electron chi connectivity index (χ3n) is 6.15. The number of halogens is 2. The van der Waals surface area contributed by atoms with Crippen LogP contribution in [-0.4, -0.2) is 65.4 Å². The Morgan fingerprint density at radius 1 is 1.23 bits per heavy atom. The summed E-state index contributed by atoms with van der Waals surface area (Å²) in [4.78, 5) is 22.0. The summed E-state index contributed by atoms with van der Waals surface area (Å²) in [6, 6.07) is 2.77. The number of anilines is 1. The molecule has 4 rings (SSSR count). The number of fused-ring (bicyclic) bond motifs is 1. The average molecular weight is 557 g/mol. The number of amides is 1. The molecule has 0 aliphatic carbocycles. The van der Waals surface area contributed by atoms with Gasteiger partial charge >= 0.3 is 6.09 Å². The molecule has 1 aromatic carbocycles. The largest absolute Gasteiger partial charge is 0.444 e. The van der Waals surface area contributed by atoms with Crippen molar-refractivity contribution in [3.05, 3.63) is 20.6 Å². The molecule has 2 aliphatic heterocycles. The van der Waals surface area contributed by atoms with Gasteiger partial charge in [0.25, 0.3) is 0 Å². The molecule has 1 amide bonds. The number of aryl methyl sites for hydroxylation is 1. The molecule has 2 atom stereocenters. The molecule has 31 heavy (non-hydrogen) atoms. The van der Waals surface area contributed by atoms with Gasteiger partial charge in [-0.1, -0.05) is 0 Å². The zero-order valence-electron chi connectivity index (χ0n) is 18.8. The molecule has 0 spiro atoms. The topological polar surface area (TPSA) is 62.6 Å². The van der Waals surface area contributed by atoms with E-state index in [1.54, 1.807) is 0 Å². The maximum atomic E-state index is 12.7. The van der Waals surface area contributed by atoms with Gasteiger partial charge in [0, 0.05) is 41.2 Å². The van der Waals surface area contributed by atoms with Crippen LogP contribution in [0, 0.1) is 6.92 Å². The highest BCUT2D eigenvalue weighted by Gasteiger charge is 2.35. The fourth-order valence-electron chi connectivity index (χ4n) is 4.52. The standard InChI is InChI=1S/C22H31Br2N5O2/c1-13-18(24)16(23)10-17-19(13)26-20(27-8-6-14(11-27)25-5)29(17)15-7-9-28(12-15)21(30)31-22(2,3)4/h10,14-15,25H,6-9,11-12H2,1-5H3. The van der Waals surface area contributed by atoms with Crippen molar-refractivity contribution < 1.29 is 9.53 Å². The van der Waals surface area contributed by atoms with Gasteiger partial charge in [-0.15, -0.1) is 0 Å². The lowest BCUT2D eigenvalue weighted by molar-refractivity contribution is 0.0289. The van der Waals surface area contributed by atoms with Crippen LogP contribution in [0.2, 0.25) is 0 Å². The Hall–Kier alpha value is -1.32. The van der Waals surface area contributed by atoms with Crippen molar-refractivity contribution in [2.45, 2.75) is 58.2 Å². The van der Waals surface area contributed by atoms with Crippen LogP contribution in [-0.2, 0) is 4.74 Å². The lowest BCUT2D eigenvalue weighted by Gasteiger charge is -2.26. The number of nitrogens with one attached hydrogen (secondary N) is 1. The molecule has 170 valence electrons. The number of nitrogens with zero attached hydrogens (tertiary/aromatic N) is 4. The monoisotopic (exact) mass is 555 g/mol. The SMILES string of the molecule is CNC1CCN(c2nc3c(C)c(Br)c(Br)cc3n2C2CCN(C(=O)OC(C)(C)C)C2)C1. The van der Waals surface area contributed by atoms with E-state index in [1.165, 1.54) is 0 Å². The first-order valence-electron chi connectivity index (χ1n) is 10.9. The first-order valence-corrected chi connectivity index (χ1v) is 12.4. The van der Waals surface area contributed by atoms with E-state index in [0.29, 0.717) is 19.1 Å². The van der Waals surface area contributed by atoms with Gasteiger partial charge < -0.3 is 24.4 Å². The smallest absolute Gasteiger partial charge is 0.410 e. The first-order chi connectivity index (χ1) is 14.6. The van der Waals surface area contributed by atoms with Crippen LogP contribution in [0.3, 0.4) is 0 Å².